The Morgan fingerprint density at radius 3 is 2.81 bits per heavy atom. The van der Waals surface area contributed by atoms with Crippen molar-refractivity contribution in [2.24, 2.45) is 0 Å². The number of benzene rings is 1. The van der Waals surface area contributed by atoms with Crippen molar-refractivity contribution < 1.29 is 19.4 Å². The van der Waals surface area contributed by atoms with E-state index >= 15 is 0 Å². The number of piperazine rings is 1. The van der Waals surface area contributed by atoms with Crippen molar-refractivity contribution in [2.75, 3.05) is 26.2 Å². The number of aliphatic carboxylic acids is 1. The van der Waals surface area contributed by atoms with Gasteiger partial charge in [0.1, 0.15) is 12.4 Å². The van der Waals surface area contributed by atoms with Gasteiger partial charge in [-0.2, -0.15) is 0 Å². The molecule has 0 spiro atoms. The van der Waals surface area contributed by atoms with E-state index in [1.807, 2.05) is 29.2 Å². The van der Waals surface area contributed by atoms with Crippen LogP contribution in [0.3, 0.4) is 0 Å². The zero-order valence-corrected chi connectivity index (χ0v) is 13.0. The highest BCUT2D eigenvalue weighted by Gasteiger charge is 2.31. The van der Waals surface area contributed by atoms with Crippen molar-refractivity contribution in [1.82, 2.24) is 10.2 Å². The monoisotopic (exact) mass is 356 g/mol. The van der Waals surface area contributed by atoms with Gasteiger partial charge in [-0.3, -0.25) is 14.5 Å². The Labute approximate surface area is 131 Å². The van der Waals surface area contributed by atoms with Crippen LogP contribution in [0.5, 0.6) is 5.75 Å². The van der Waals surface area contributed by atoms with E-state index in [2.05, 4.69) is 21.2 Å². The number of amides is 1. The number of carbonyl (C=O) groups excluding carboxylic acids is 1. The molecule has 0 aliphatic carbocycles. The van der Waals surface area contributed by atoms with Gasteiger partial charge in [0, 0.05) is 24.1 Å². The number of rotatable bonds is 6. The summed E-state index contributed by atoms with van der Waals surface area (Å²) < 4.78 is 6.59. The average molecular weight is 357 g/mol. The lowest BCUT2D eigenvalue weighted by Gasteiger charge is -2.33. The maximum absolute atomic E-state index is 11.7. The first-order chi connectivity index (χ1) is 10.1. The smallest absolute Gasteiger partial charge is 0.305 e. The van der Waals surface area contributed by atoms with Crippen LogP contribution in [0.4, 0.5) is 0 Å². The number of hydrogen-bond acceptors (Lipinski definition) is 4. The number of hydrogen-bond donors (Lipinski definition) is 2. The first-order valence-electron chi connectivity index (χ1n) is 6.68. The first kappa shape index (κ1) is 15.8. The first-order valence-corrected chi connectivity index (χ1v) is 7.47. The van der Waals surface area contributed by atoms with E-state index in [9.17, 15) is 9.59 Å². The molecule has 1 atom stereocenters. The average Bonchev–Trinajstić information content (AvgIpc) is 2.44. The molecule has 1 fully saturated rings. The molecule has 6 nitrogen and oxygen atoms in total. The van der Waals surface area contributed by atoms with Gasteiger partial charge in [-0.05, 0) is 24.3 Å². The van der Waals surface area contributed by atoms with Crippen LogP contribution in [-0.4, -0.2) is 54.2 Å². The zero-order chi connectivity index (χ0) is 15.2. The number of carbonyl (C=O) groups is 2. The van der Waals surface area contributed by atoms with E-state index in [-0.39, 0.29) is 12.3 Å². The minimum atomic E-state index is -0.976. The zero-order valence-electron chi connectivity index (χ0n) is 11.4. The van der Waals surface area contributed by atoms with Crippen molar-refractivity contribution in [3.8, 4) is 5.75 Å². The number of halogens is 1. The molecule has 1 aliphatic heterocycles. The molecule has 21 heavy (non-hydrogen) atoms. The van der Waals surface area contributed by atoms with E-state index in [1.54, 1.807) is 0 Å². The predicted octanol–water partition coefficient (Wildman–Crippen LogP) is 1.10. The van der Waals surface area contributed by atoms with Gasteiger partial charge in [0.05, 0.1) is 12.5 Å². The van der Waals surface area contributed by atoms with Gasteiger partial charge >= 0.3 is 5.97 Å². The summed E-state index contributed by atoms with van der Waals surface area (Å²) in [6.07, 6.45) is -0.190. The van der Waals surface area contributed by atoms with E-state index in [0.29, 0.717) is 26.2 Å². The van der Waals surface area contributed by atoms with E-state index < -0.39 is 12.0 Å². The van der Waals surface area contributed by atoms with Crippen LogP contribution < -0.4 is 10.1 Å². The summed E-state index contributed by atoms with van der Waals surface area (Å²) in [5.74, 6) is -0.461. The molecular weight excluding hydrogens is 340 g/mol. The Bertz CT molecular complexity index is 506. The van der Waals surface area contributed by atoms with Crippen LogP contribution in [0, 0.1) is 0 Å². The molecule has 1 amide bonds. The maximum Gasteiger partial charge on any atom is 0.305 e. The van der Waals surface area contributed by atoms with Gasteiger partial charge in [0.25, 0.3) is 0 Å². The van der Waals surface area contributed by atoms with Crippen LogP contribution >= 0.6 is 15.9 Å². The second kappa shape index (κ2) is 7.42. The van der Waals surface area contributed by atoms with E-state index in [1.165, 1.54) is 0 Å². The van der Waals surface area contributed by atoms with E-state index in [0.717, 1.165) is 10.2 Å². The van der Waals surface area contributed by atoms with Gasteiger partial charge in [0.2, 0.25) is 5.91 Å². The fourth-order valence-electron chi connectivity index (χ4n) is 2.23. The molecule has 114 valence electrons. The molecule has 1 aliphatic rings. The molecule has 0 bridgehead atoms. The third-order valence-corrected chi connectivity index (χ3v) is 3.80. The van der Waals surface area contributed by atoms with Gasteiger partial charge in [0.15, 0.2) is 0 Å². The molecule has 1 saturated heterocycles. The van der Waals surface area contributed by atoms with Crippen LogP contribution in [-0.2, 0) is 9.59 Å². The van der Waals surface area contributed by atoms with Crippen molar-refractivity contribution in [3.05, 3.63) is 28.7 Å². The molecule has 1 heterocycles. The number of carboxylic acid groups (broad SMARTS) is 1. The minimum Gasteiger partial charge on any atom is -0.492 e. The van der Waals surface area contributed by atoms with Crippen LogP contribution in [0.15, 0.2) is 28.7 Å². The molecule has 0 radical (unpaired) electrons. The summed E-state index contributed by atoms with van der Waals surface area (Å²) in [5, 5.41) is 11.6. The summed E-state index contributed by atoms with van der Waals surface area (Å²) in [4.78, 5) is 24.4. The molecule has 0 aromatic heterocycles. The summed E-state index contributed by atoms with van der Waals surface area (Å²) in [6, 6.07) is 6.85. The van der Waals surface area contributed by atoms with Crippen molar-refractivity contribution in [1.29, 1.82) is 0 Å². The second-order valence-electron chi connectivity index (χ2n) is 4.74. The molecule has 2 N–H and O–H groups in total. The lowest BCUT2D eigenvalue weighted by Crippen LogP contribution is -2.56. The molecule has 2 rings (SSSR count). The fraction of sp³-hybridized carbons (Fsp3) is 0.429. The van der Waals surface area contributed by atoms with Crippen LogP contribution in [0.2, 0.25) is 0 Å². The predicted molar refractivity (Wildman–Crippen MR) is 80.3 cm³/mol. The molecule has 1 aromatic rings. The van der Waals surface area contributed by atoms with Gasteiger partial charge in [-0.15, -0.1) is 0 Å². The number of nitrogens with zero attached hydrogens (tertiary/aromatic N) is 1. The number of ether oxygens (including phenoxy) is 1. The SMILES string of the molecule is O=C(O)CC1C(=O)NCCN1CCOc1ccc(Br)cc1. The lowest BCUT2D eigenvalue weighted by atomic mass is 10.1. The van der Waals surface area contributed by atoms with Crippen molar-refractivity contribution >= 4 is 27.8 Å². The van der Waals surface area contributed by atoms with Crippen LogP contribution in [0.25, 0.3) is 0 Å². The van der Waals surface area contributed by atoms with Gasteiger partial charge in [-0.25, -0.2) is 0 Å². The highest BCUT2D eigenvalue weighted by molar-refractivity contribution is 9.10. The Hall–Kier alpha value is -1.60. The molecule has 1 unspecified atom stereocenters. The third kappa shape index (κ3) is 4.71. The molecule has 7 heteroatoms. The molecular formula is C14H17BrN2O4. The second-order valence-corrected chi connectivity index (χ2v) is 5.66. The highest BCUT2D eigenvalue weighted by atomic mass is 79.9. The largest absolute Gasteiger partial charge is 0.492 e. The lowest BCUT2D eigenvalue weighted by molar-refractivity contribution is -0.143. The fourth-order valence-corrected chi connectivity index (χ4v) is 2.49. The number of carboxylic acids is 1. The standard InChI is InChI=1S/C14H17BrN2O4/c15-10-1-3-11(4-2-10)21-8-7-17-6-5-16-14(20)12(17)9-13(18)19/h1-4,12H,5-9H2,(H,16,20)(H,18,19). The van der Waals surface area contributed by atoms with Gasteiger partial charge in [-0.1, -0.05) is 15.9 Å². The third-order valence-electron chi connectivity index (χ3n) is 3.27. The van der Waals surface area contributed by atoms with E-state index in [4.69, 9.17) is 9.84 Å². The Morgan fingerprint density at radius 1 is 1.43 bits per heavy atom. The van der Waals surface area contributed by atoms with Crippen LogP contribution in [0.1, 0.15) is 6.42 Å². The van der Waals surface area contributed by atoms with Crippen molar-refractivity contribution in [3.63, 3.8) is 0 Å². The Balaban J connectivity index is 1.86. The van der Waals surface area contributed by atoms with Gasteiger partial charge < -0.3 is 15.2 Å². The summed E-state index contributed by atoms with van der Waals surface area (Å²) in [5.41, 5.74) is 0. The topological polar surface area (TPSA) is 78.9 Å². The summed E-state index contributed by atoms with van der Waals surface area (Å²) >= 11 is 3.35. The summed E-state index contributed by atoms with van der Waals surface area (Å²) in [6.45, 7) is 2.09. The molecule has 0 saturated carbocycles. The highest BCUT2D eigenvalue weighted by Crippen LogP contribution is 2.16. The summed E-state index contributed by atoms with van der Waals surface area (Å²) in [7, 11) is 0. The quantitative estimate of drug-likeness (QED) is 0.797. The Morgan fingerprint density at radius 2 is 2.14 bits per heavy atom. The maximum atomic E-state index is 11.7. The number of nitrogens with one attached hydrogen (secondary N) is 1. The Kier molecular flexibility index (Phi) is 5.58. The molecule has 1 aromatic carbocycles. The minimum absolute atomic E-state index is 0.190. The normalized spacial score (nSPS) is 19.1. The van der Waals surface area contributed by atoms with Crippen molar-refractivity contribution in [2.45, 2.75) is 12.5 Å².